The van der Waals surface area contributed by atoms with E-state index in [9.17, 15) is 14.7 Å². The van der Waals surface area contributed by atoms with E-state index < -0.39 is 18.4 Å². The van der Waals surface area contributed by atoms with Gasteiger partial charge in [0.1, 0.15) is 18.0 Å². The van der Waals surface area contributed by atoms with E-state index in [4.69, 9.17) is 18.9 Å². The highest BCUT2D eigenvalue weighted by atomic mass is 16.5. The summed E-state index contributed by atoms with van der Waals surface area (Å²) >= 11 is 0. The Hall–Kier alpha value is -3.42. The highest BCUT2D eigenvalue weighted by molar-refractivity contribution is 5.82. The molecular weight excluding hydrogens is 366 g/mol. The van der Waals surface area contributed by atoms with E-state index in [1.54, 1.807) is 42.5 Å². The number of carboxylic acid groups (broad SMARTS) is 1. The summed E-state index contributed by atoms with van der Waals surface area (Å²) in [6.07, 6.45) is 0. The van der Waals surface area contributed by atoms with Crippen molar-refractivity contribution >= 4 is 11.9 Å². The number of nitrogens with zero attached hydrogens (tertiary/aromatic N) is 1. The second-order valence-corrected chi connectivity index (χ2v) is 5.80. The average Bonchev–Trinajstić information content (AvgIpc) is 2.70. The first-order valence-corrected chi connectivity index (χ1v) is 8.44. The van der Waals surface area contributed by atoms with Crippen LogP contribution in [0.15, 0.2) is 42.5 Å². The Bertz CT molecular complexity index is 800. The zero-order valence-corrected chi connectivity index (χ0v) is 16.0. The first-order valence-electron chi connectivity index (χ1n) is 8.44. The predicted molar refractivity (Wildman–Crippen MR) is 101 cm³/mol. The summed E-state index contributed by atoms with van der Waals surface area (Å²) in [6.45, 7) is -0.726. The number of hydrogen-bond donors (Lipinski definition) is 1. The highest BCUT2D eigenvalue weighted by Gasteiger charge is 2.19. The second-order valence-electron chi connectivity index (χ2n) is 5.80. The fraction of sp³-hybridized carbons (Fsp3) is 0.300. The van der Waals surface area contributed by atoms with Crippen molar-refractivity contribution in [2.75, 3.05) is 34.5 Å². The molecule has 0 aliphatic rings. The topological polar surface area (TPSA) is 94.5 Å². The first kappa shape index (κ1) is 20.9. The van der Waals surface area contributed by atoms with E-state index in [-0.39, 0.29) is 13.2 Å². The summed E-state index contributed by atoms with van der Waals surface area (Å²) in [6, 6.07) is 12.0. The minimum absolute atomic E-state index is 0.0635. The predicted octanol–water partition coefficient (Wildman–Crippen LogP) is 2.20. The summed E-state index contributed by atoms with van der Waals surface area (Å²) in [7, 11) is 4.52. The zero-order chi connectivity index (χ0) is 20.5. The molecule has 2 aromatic rings. The number of carbonyl (C=O) groups excluding carboxylic acids is 1. The normalized spacial score (nSPS) is 10.1. The lowest BCUT2D eigenvalue weighted by atomic mass is 10.2. The van der Waals surface area contributed by atoms with Crippen LogP contribution in [0.25, 0.3) is 0 Å². The Labute approximate surface area is 163 Å². The molecule has 8 nitrogen and oxygen atoms in total. The standard InChI is InChI=1S/C20H23NO7/c1-25-15-8-14(9-16(10-15)26-2)11-21(12-20(23)24)19(22)13-28-18-7-5-4-6-17(18)27-3/h4-10H,11-13H2,1-3H3,(H,23,24). The van der Waals surface area contributed by atoms with E-state index >= 15 is 0 Å². The third-order valence-electron chi connectivity index (χ3n) is 3.88. The largest absolute Gasteiger partial charge is 0.497 e. The molecule has 0 fully saturated rings. The van der Waals surface area contributed by atoms with E-state index in [2.05, 4.69) is 0 Å². The number of amides is 1. The number of carboxylic acids is 1. The summed E-state index contributed by atoms with van der Waals surface area (Å²) in [5.41, 5.74) is 0.670. The van der Waals surface area contributed by atoms with E-state index in [1.807, 2.05) is 0 Å². The fourth-order valence-electron chi connectivity index (χ4n) is 2.54. The number of ether oxygens (including phenoxy) is 4. The summed E-state index contributed by atoms with van der Waals surface area (Å²) < 4.78 is 21.1. The molecule has 0 aliphatic carbocycles. The third kappa shape index (κ3) is 5.80. The van der Waals surface area contributed by atoms with Crippen molar-refractivity contribution in [3.8, 4) is 23.0 Å². The minimum Gasteiger partial charge on any atom is -0.497 e. The fourth-order valence-corrected chi connectivity index (χ4v) is 2.54. The molecule has 0 bridgehead atoms. The molecule has 2 rings (SSSR count). The number of aliphatic carboxylic acids is 1. The maximum Gasteiger partial charge on any atom is 0.323 e. The number of hydrogen-bond acceptors (Lipinski definition) is 6. The molecule has 0 unspecified atom stereocenters. The highest BCUT2D eigenvalue weighted by Crippen LogP contribution is 2.26. The maximum atomic E-state index is 12.6. The number of para-hydroxylation sites is 2. The Balaban J connectivity index is 2.14. The Morgan fingerprint density at radius 2 is 1.54 bits per heavy atom. The molecule has 8 heteroatoms. The molecule has 0 spiro atoms. The maximum absolute atomic E-state index is 12.6. The molecule has 0 saturated heterocycles. The van der Waals surface area contributed by atoms with Gasteiger partial charge in [0, 0.05) is 12.6 Å². The van der Waals surface area contributed by atoms with Crippen LogP contribution in [0.3, 0.4) is 0 Å². The number of carbonyl (C=O) groups is 2. The third-order valence-corrected chi connectivity index (χ3v) is 3.88. The molecule has 0 aliphatic heterocycles. The number of methoxy groups -OCH3 is 3. The quantitative estimate of drug-likeness (QED) is 0.666. The average molecular weight is 389 g/mol. The molecule has 0 radical (unpaired) electrons. The lowest BCUT2D eigenvalue weighted by Gasteiger charge is -2.22. The van der Waals surface area contributed by atoms with Crippen molar-refractivity contribution < 1.29 is 33.6 Å². The van der Waals surface area contributed by atoms with Gasteiger partial charge in [-0.3, -0.25) is 9.59 Å². The zero-order valence-electron chi connectivity index (χ0n) is 16.0. The molecule has 0 heterocycles. The van der Waals surface area contributed by atoms with Gasteiger partial charge < -0.3 is 29.0 Å². The van der Waals surface area contributed by atoms with Crippen LogP contribution in [-0.2, 0) is 16.1 Å². The van der Waals surface area contributed by atoms with Gasteiger partial charge >= 0.3 is 5.97 Å². The molecule has 0 atom stereocenters. The van der Waals surface area contributed by atoms with Crippen LogP contribution >= 0.6 is 0 Å². The van der Waals surface area contributed by atoms with Crippen molar-refractivity contribution in [1.29, 1.82) is 0 Å². The van der Waals surface area contributed by atoms with Gasteiger partial charge in [0.2, 0.25) is 0 Å². The molecule has 28 heavy (non-hydrogen) atoms. The summed E-state index contributed by atoms with van der Waals surface area (Å²) in [5, 5.41) is 9.18. The van der Waals surface area contributed by atoms with Gasteiger partial charge in [0.15, 0.2) is 18.1 Å². The Morgan fingerprint density at radius 1 is 0.929 bits per heavy atom. The van der Waals surface area contributed by atoms with Crippen molar-refractivity contribution in [2.24, 2.45) is 0 Å². The van der Waals surface area contributed by atoms with Crippen LogP contribution < -0.4 is 18.9 Å². The van der Waals surface area contributed by atoms with Crippen molar-refractivity contribution in [1.82, 2.24) is 4.90 Å². The summed E-state index contributed by atoms with van der Waals surface area (Å²) in [5.74, 6) is 0.370. The molecule has 1 N–H and O–H groups in total. The van der Waals surface area contributed by atoms with Crippen molar-refractivity contribution in [3.05, 3.63) is 48.0 Å². The Morgan fingerprint density at radius 3 is 2.07 bits per heavy atom. The Kier molecular flexibility index (Phi) is 7.50. The van der Waals surface area contributed by atoms with Gasteiger partial charge in [-0.1, -0.05) is 12.1 Å². The SMILES string of the molecule is COc1cc(CN(CC(=O)O)C(=O)COc2ccccc2OC)cc(OC)c1. The van der Waals surface area contributed by atoms with Gasteiger partial charge in [-0.2, -0.15) is 0 Å². The lowest BCUT2D eigenvalue weighted by Crippen LogP contribution is -2.38. The lowest BCUT2D eigenvalue weighted by molar-refractivity contribution is -0.145. The van der Waals surface area contributed by atoms with Gasteiger partial charge in [0.25, 0.3) is 5.91 Å². The van der Waals surface area contributed by atoms with E-state index in [1.165, 1.54) is 26.2 Å². The van der Waals surface area contributed by atoms with Crippen LogP contribution in [0.2, 0.25) is 0 Å². The summed E-state index contributed by atoms with van der Waals surface area (Å²) in [4.78, 5) is 25.0. The van der Waals surface area contributed by atoms with E-state index in [0.29, 0.717) is 28.6 Å². The molecule has 0 saturated carbocycles. The smallest absolute Gasteiger partial charge is 0.323 e. The van der Waals surface area contributed by atoms with Crippen LogP contribution in [0.5, 0.6) is 23.0 Å². The van der Waals surface area contributed by atoms with Crippen LogP contribution in [0, 0.1) is 0 Å². The number of benzene rings is 2. The molecule has 150 valence electrons. The molecule has 1 amide bonds. The first-order chi connectivity index (χ1) is 13.5. The van der Waals surface area contributed by atoms with Gasteiger partial charge in [-0.05, 0) is 29.8 Å². The van der Waals surface area contributed by atoms with E-state index in [0.717, 1.165) is 0 Å². The molecule has 0 aromatic heterocycles. The van der Waals surface area contributed by atoms with Crippen molar-refractivity contribution in [3.63, 3.8) is 0 Å². The minimum atomic E-state index is -1.12. The van der Waals surface area contributed by atoms with Gasteiger partial charge in [0.05, 0.1) is 21.3 Å². The molecule has 2 aromatic carbocycles. The van der Waals surface area contributed by atoms with Crippen molar-refractivity contribution in [2.45, 2.75) is 6.54 Å². The van der Waals surface area contributed by atoms with Crippen LogP contribution in [0.1, 0.15) is 5.56 Å². The van der Waals surface area contributed by atoms with Crippen LogP contribution in [-0.4, -0.2) is 56.4 Å². The van der Waals surface area contributed by atoms with Gasteiger partial charge in [-0.25, -0.2) is 0 Å². The van der Waals surface area contributed by atoms with Gasteiger partial charge in [-0.15, -0.1) is 0 Å². The monoisotopic (exact) mass is 389 g/mol. The molecular formula is C20H23NO7. The van der Waals surface area contributed by atoms with Crippen LogP contribution in [0.4, 0.5) is 0 Å². The second kappa shape index (κ2) is 10.1. The number of rotatable bonds is 10.